The summed E-state index contributed by atoms with van der Waals surface area (Å²) < 4.78 is 2.74. The lowest BCUT2D eigenvalue weighted by Gasteiger charge is -2.12. The second-order valence-electron chi connectivity index (χ2n) is 6.40. The van der Waals surface area contributed by atoms with Crippen molar-refractivity contribution in [2.75, 3.05) is 10.6 Å². The van der Waals surface area contributed by atoms with Gasteiger partial charge >= 0.3 is 6.03 Å². The molecule has 2 amide bonds. The Morgan fingerprint density at radius 1 is 0.962 bits per heavy atom. The fraction of sp³-hybridized carbons (Fsp3) is 0.200. The van der Waals surface area contributed by atoms with Crippen molar-refractivity contribution in [1.29, 1.82) is 0 Å². The Bertz CT molecular complexity index is 940. The molecule has 0 aliphatic rings. The maximum atomic E-state index is 12.5. The Hall–Kier alpha value is -2.60. The number of halogens is 1. The van der Waals surface area contributed by atoms with Gasteiger partial charge < -0.3 is 5.32 Å². The Labute approximate surface area is 161 Å². The van der Waals surface area contributed by atoms with E-state index < -0.39 is 0 Å². The molecular formula is C20H21BrN4O. The number of carbonyl (C=O) groups is 1. The predicted octanol–water partition coefficient (Wildman–Crippen LogP) is 5.51. The van der Waals surface area contributed by atoms with Gasteiger partial charge in [-0.1, -0.05) is 22.0 Å². The second-order valence-corrected chi connectivity index (χ2v) is 7.32. The van der Waals surface area contributed by atoms with Crippen LogP contribution in [-0.2, 0) is 0 Å². The molecule has 134 valence electrons. The highest BCUT2D eigenvalue weighted by Gasteiger charge is 2.16. The van der Waals surface area contributed by atoms with E-state index in [4.69, 9.17) is 0 Å². The maximum absolute atomic E-state index is 12.5. The molecule has 2 aromatic carbocycles. The minimum Gasteiger partial charge on any atom is -0.308 e. The highest BCUT2D eigenvalue weighted by atomic mass is 79.9. The topological polar surface area (TPSA) is 59.0 Å². The molecule has 0 saturated carbocycles. The van der Waals surface area contributed by atoms with Crippen molar-refractivity contribution in [3.8, 4) is 5.69 Å². The third kappa shape index (κ3) is 3.96. The van der Waals surface area contributed by atoms with Gasteiger partial charge in [0.1, 0.15) is 5.82 Å². The number of nitrogens with one attached hydrogen (secondary N) is 2. The third-order valence-electron chi connectivity index (χ3n) is 4.14. The summed E-state index contributed by atoms with van der Waals surface area (Å²) in [5, 5.41) is 10.4. The molecule has 0 atom stereocenters. The van der Waals surface area contributed by atoms with E-state index in [2.05, 4.69) is 37.7 Å². The first kappa shape index (κ1) is 18.2. The summed E-state index contributed by atoms with van der Waals surface area (Å²) >= 11 is 3.44. The molecule has 0 radical (unpaired) electrons. The summed E-state index contributed by atoms with van der Waals surface area (Å²) in [5.74, 6) is 0.659. The van der Waals surface area contributed by atoms with Crippen LogP contribution in [0, 0.1) is 27.7 Å². The van der Waals surface area contributed by atoms with Crippen LogP contribution in [0.5, 0.6) is 0 Å². The van der Waals surface area contributed by atoms with Crippen LogP contribution >= 0.6 is 15.9 Å². The highest BCUT2D eigenvalue weighted by Crippen LogP contribution is 2.24. The smallest absolute Gasteiger partial charge is 0.308 e. The van der Waals surface area contributed by atoms with Crippen molar-refractivity contribution < 1.29 is 4.79 Å². The second kappa shape index (κ2) is 7.33. The molecule has 2 N–H and O–H groups in total. The molecule has 26 heavy (non-hydrogen) atoms. The van der Waals surface area contributed by atoms with Crippen molar-refractivity contribution in [3.63, 3.8) is 0 Å². The number of amides is 2. The van der Waals surface area contributed by atoms with Crippen LogP contribution in [0.1, 0.15) is 22.4 Å². The first-order valence-electron chi connectivity index (χ1n) is 8.32. The molecule has 1 heterocycles. The minimum absolute atomic E-state index is 0.295. The van der Waals surface area contributed by atoms with Gasteiger partial charge in [-0.05, 0) is 75.2 Å². The van der Waals surface area contributed by atoms with Gasteiger partial charge in [0.05, 0.1) is 11.4 Å². The molecule has 3 rings (SSSR count). The predicted molar refractivity (Wildman–Crippen MR) is 109 cm³/mol. The highest BCUT2D eigenvalue weighted by molar-refractivity contribution is 9.10. The summed E-state index contributed by atoms with van der Waals surface area (Å²) in [6.07, 6.45) is 0. The molecule has 0 aliphatic carbocycles. The lowest BCUT2D eigenvalue weighted by molar-refractivity contribution is 0.262. The van der Waals surface area contributed by atoms with Gasteiger partial charge in [-0.2, -0.15) is 5.10 Å². The summed E-state index contributed by atoms with van der Waals surface area (Å²) in [6.45, 7) is 7.89. The number of aromatic nitrogens is 2. The number of urea groups is 1. The van der Waals surface area contributed by atoms with Crippen molar-refractivity contribution >= 4 is 33.5 Å². The van der Waals surface area contributed by atoms with Gasteiger partial charge in [-0.25, -0.2) is 9.48 Å². The van der Waals surface area contributed by atoms with E-state index in [1.165, 1.54) is 0 Å². The minimum atomic E-state index is -0.295. The van der Waals surface area contributed by atoms with E-state index in [9.17, 15) is 4.79 Å². The molecule has 0 bridgehead atoms. The Morgan fingerprint density at radius 3 is 2.19 bits per heavy atom. The Morgan fingerprint density at radius 2 is 1.58 bits per heavy atom. The van der Waals surface area contributed by atoms with Crippen LogP contribution in [0.15, 0.2) is 46.9 Å². The summed E-state index contributed by atoms with van der Waals surface area (Å²) in [5.41, 5.74) is 5.66. The number of anilines is 2. The number of nitrogens with zero attached hydrogens (tertiary/aromatic N) is 2. The number of rotatable bonds is 3. The van der Waals surface area contributed by atoms with E-state index >= 15 is 0 Å². The van der Waals surface area contributed by atoms with Gasteiger partial charge in [-0.3, -0.25) is 5.32 Å². The molecule has 0 spiro atoms. The number of aryl methyl sites for hydroxylation is 3. The normalized spacial score (nSPS) is 10.7. The summed E-state index contributed by atoms with van der Waals surface area (Å²) in [4.78, 5) is 12.5. The van der Waals surface area contributed by atoms with Crippen molar-refractivity contribution in [1.82, 2.24) is 9.78 Å². The van der Waals surface area contributed by atoms with E-state index in [0.29, 0.717) is 5.82 Å². The fourth-order valence-electron chi connectivity index (χ4n) is 2.84. The Kier molecular flexibility index (Phi) is 5.13. The third-order valence-corrected chi connectivity index (χ3v) is 4.67. The van der Waals surface area contributed by atoms with Crippen LogP contribution in [0.25, 0.3) is 5.69 Å². The van der Waals surface area contributed by atoms with Gasteiger partial charge in [0.25, 0.3) is 0 Å². The number of hydrogen-bond donors (Lipinski definition) is 2. The fourth-order valence-corrected chi connectivity index (χ4v) is 3.10. The van der Waals surface area contributed by atoms with E-state index in [0.717, 1.165) is 38.2 Å². The van der Waals surface area contributed by atoms with Crippen molar-refractivity contribution in [2.45, 2.75) is 27.7 Å². The first-order valence-corrected chi connectivity index (χ1v) is 9.11. The zero-order valence-corrected chi connectivity index (χ0v) is 16.8. The van der Waals surface area contributed by atoms with Crippen LogP contribution in [0.2, 0.25) is 0 Å². The quantitative estimate of drug-likeness (QED) is 0.595. The largest absolute Gasteiger partial charge is 0.324 e. The van der Waals surface area contributed by atoms with Gasteiger partial charge in [-0.15, -0.1) is 0 Å². The van der Waals surface area contributed by atoms with Crippen molar-refractivity contribution in [3.05, 3.63) is 69.3 Å². The van der Waals surface area contributed by atoms with E-state index in [1.807, 2.05) is 64.1 Å². The van der Waals surface area contributed by atoms with Crippen LogP contribution < -0.4 is 10.6 Å². The molecule has 0 unspecified atom stereocenters. The first-order chi connectivity index (χ1) is 12.3. The molecule has 0 fully saturated rings. The van der Waals surface area contributed by atoms with Gasteiger partial charge in [0.2, 0.25) is 0 Å². The lowest BCUT2D eigenvalue weighted by atomic mass is 10.1. The molecule has 1 aromatic heterocycles. The van der Waals surface area contributed by atoms with E-state index in [1.54, 1.807) is 4.68 Å². The zero-order chi connectivity index (χ0) is 18.8. The Balaban J connectivity index is 1.87. The lowest BCUT2D eigenvalue weighted by Crippen LogP contribution is -2.22. The molecule has 6 heteroatoms. The number of carbonyl (C=O) groups excluding carboxylic acids is 1. The monoisotopic (exact) mass is 412 g/mol. The van der Waals surface area contributed by atoms with E-state index in [-0.39, 0.29) is 6.03 Å². The summed E-state index contributed by atoms with van der Waals surface area (Å²) in [7, 11) is 0. The molecule has 0 saturated heterocycles. The standard InChI is InChI=1S/C20H21BrN4O/c1-12-9-13(2)11-17(10-12)22-20(26)23-19-14(3)15(4)24-25(19)18-7-5-16(21)6-8-18/h5-11H,1-4H3,(H2,22,23,26). The van der Waals surface area contributed by atoms with Gasteiger partial charge in [0, 0.05) is 15.7 Å². The van der Waals surface area contributed by atoms with Crippen molar-refractivity contribution in [2.24, 2.45) is 0 Å². The number of benzene rings is 2. The molecular weight excluding hydrogens is 392 g/mol. The van der Waals surface area contributed by atoms with Gasteiger partial charge in [0.15, 0.2) is 0 Å². The molecule has 5 nitrogen and oxygen atoms in total. The molecule has 3 aromatic rings. The SMILES string of the molecule is Cc1cc(C)cc(NC(=O)Nc2c(C)c(C)nn2-c2ccc(Br)cc2)c1. The average Bonchev–Trinajstić information content (AvgIpc) is 2.83. The van der Waals surface area contributed by atoms with Crippen LogP contribution in [0.3, 0.4) is 0 Å². The van der Waals surface area contributed by atoms with Crippen LogP contribution in [-0.4, -0.2) is 15.8 Å². The number of hydrogen-bond acceptors (Lipinski definition) is 2. The average molecular weight is 413 g/mol. The summed E-state index contributed by atoms with van der Waals surface area (Å²) in [6, 6.07) is 13.4. The zero-order valence-electron chi connectivity index (χ0n) is 15.2. The molecule has 0 aliphatic heterocycles. The van der Waals surface area contributed by atoms with Crippen LogP contribution in [0.4, 0.5) is 16.3 Å². The maximum Gasteiger partial charge on any atom is 0.324 e.